The van der Waals surface area contributed by atoms with E-state index >= 15 is 0 Å². The van der Waals surface area contributed by atoms with Crippen LogP contribution in [0, 0.1) is 0 Å². The van der Waals surface area contributed by atoms with Gasteiger partial charge >= 0.3 is 0 Å². The van der Waals surface area contributed by atoms with E-state index in [0.717, 1.165) is 5.56 Å². The molecule has 0 saturated carbocycles. The number of primary amides is 1. The average molecular weight is 173 g/mol. The van der Waals surface area contributed by atoms with Gasteiger partial charge in [0.15, 0.2) is 0 Å². The van der Waals surface area contributed by atoms with Crippen molar-refractivity contribution in [3.63, 3.8) is 0 Å². The van der Waals surface area contributed by atoms with E-state index in [1.54, 1.807) is 12.2 Å². The van der Waals surface area contributed by atoms with Crippen LogP contribution in [0.3, 0.4) is 0 Å². The Morgan fingerprint density at radius 1 is 1.15 bits per heavy atom. The SMILES string of the molecule is NC(=O)C=CC=Cc1ccccc1. The van der Waals surface area contributed by atoms with Gasteiger partial charge in [-0.15, -0.1) is 0 Å². The first-order valence-corrected chi connectivity index (χ1v) is 3.98. The maximum Gasteiger partial charge on any atom is 0.241 e. The molecule has 1 aromatic carbocycles. The average Bonchev–Trinajstić information content (AvgIpc) is 2.14. The Balaban J connectivity index is 2.55. The number of nitrogens with two attached hydrogens (primary N) is 1. The van der Waals surface area contributed by atoms with Crippen molar-refractivity contribution in [2.75, 3.05) is 0 Å². The van der Waals surface area contributed by atoms with Crippen molar-refractivity contribution in [1.29, 1.82) is 0 Å². The minimum Gasteiger partial charge on any atom is -0.366 e. The van der Waals surface area contributed by atoms with Crippen LogP contribution >= 0.6 is 0 Å². The van der Waals surface area contributed by atoms with Gasteiger partial charge in [-0.2, -0.15) is 0 Å². The predicted molar refractivity (Wildman–Crippen MR) is 53.8 cm³/mol. The molecule has 1 aromatic rings. The van der Waals surface area contributed by atoms with Gasteiger partial charge in [-0.05, 0) is 5.56 Å². The lowest BCUT2D eigenvalue weighted by Gasteiger charge is -1.87. The van der Waals surface area contributed by atoms with Crippen molar-refractivity contribution in [2.45, 2.75) is 0 Å². The van der Waals surface area contributed by atoms with Crippen LogP contribution in [0.1, 0.15) is 5.56 Å². The lowest BCUT2D eigenvalue weighted by atomic mass is 10.2. The van der Waals surface area contributed by atoms with Crippen LogP contribution in [0.15, 0.2) is 48.6 Å². The zero-order valence-corrected chi connectivity index (χ0v) is 7.18. The molecular weight excluding hydrogens is 162 g/mol. The molecule has 0 aliphatic heterocycles. The third kappa shape index (κ3) is 3.91. The summed E-state index contributed by atoms with van der Waals surface area (Å²) in [7, 11) is 0. The summed E-state index contributed by atoms with van der Waals surface area (Å²) in [6.45, 7) is 0. The standard InChI is InChI=1S/C11H11NO/c12-11(13)9-5-4-8-10-6-2-1-3-7-10/h1-9H,(H2,12,13). The monoisotopic (exact) mass is 173 g/mol. The smallest absolute Gasteiger partial charge is 0.241 e. The molecular formula is C11H11NO. The Bertz CT molecular complexity index is 325. The Morgan fingerprint density at radius 3 is 2.46 bits per heavy atom. The maximum atomic E-state index is 10.3. The van der Waals surface area contributed by atoms with Gasteiger partial charge in [0, 0.05) is 6.08 Å². The summed E-state index contributed by atoms with van der Waals surface area (Å²) in [4.78, 5) is 10.3. The Kier molecular flexibility index (Phi) is 3.51. The zero-order chi connectivity index (χ0) is 9.52. The van der Waals surface area contributed by atoms with Gasteiger partial charge in [-0.1, -0.05) is 48.6 Å². The summed E-state index contributed by atoms with van der Waals surface area (Å²) in [5, 5.41) is 0. The molecule has 0 aliphatic carbocycles. The number of hydrogen-bond acceptors (Lipinski definition) is 1. The number of benzene rings is 1. The first kappa shape index (κ1) is 9.26. The third-order valence-corrected chi connectivity index (χ3v) is 1.46. The highest BCUT2D eigenvalue weighted by Crippen LogP contribution is 2.00. The summed E-state index contributed by atoms with van der Waals surface area (Å²) in [5.74, 6) is -0.433. The first-order chi connectivity index (χ1) is 6.29. The highest BCUT2D eigenvalue weighted by atomic mass is 16.1. The number of carbonyl (C=O) groups is 1. The van der Waals surface area contributed by atoms with Crippen molar-refractivity contribution in [3.05, 3.63) is 54.1 Å². The van der Waals surface area contributed by atoms with Crippen LogP contribution in [0.4, 0.5) is 0 Å². The molecule has 1 amide bonds. The van der Waals surface area contributed by atoms with Gasteiger partial charge in [0.2, 0.25) is 5.91 Å². The van der Waals surface area contributed by atoms with E-state index in [4.69, 9.17) is 5.73 Å². The van der Waals surface area contributed by atoms with Gasteiger partial charge in [0.1, 0.15) is 0 Å². The second-order valence-corrected chi connectivity index (χ2v) is 2.53. The van der Waals surface area contributed by atoms with Crippen molar-refractivity contribution in [3.8, 4) is 0 Å². The van der Waals surface area contributed by atoms with E-state index < -0.39 is 5.91 Å². The molecule has 0 aliphatic rings. The first-order valence-electron chi connectivity index (χ1n) is 3.98. The van der Waals surface area contributed by atoms with E-state index in [1.165, 1.54) is 6.08 Å². The van der Waals surface area contributed by atoms with Crippen LogP contribution in [-0.2, 0) is 4.79 Å². The molecule has 0 aromatic heterocycles. The molecule has 0 spiro atoms. The van der Waals surface area contributed by atoms with Crippen molar-refractivity contribution in [2.24, 2.45) is 5.73 Å². The third-order valence-electron chi connectivity index (χ3n) is 1.46. The van der Waals surface area contributed by atoms with Gasteiger partial charge in [0.25, 0.3) is 0 Å². The molecule has 0 saturated heterocycles. The number of rotatable bonds is 3. The fraction of sp³-hybridized carbons (Fsp3) is 0. The lowest BCUT2D eigenvalue weighted by molar-refractivity contribution is -0.113. The zero-order valence-electron chi connectivity index (χ0n) is 7.18. The predicted octanol–water partition coefficient (Wildman–Crippen LogP) is 1.74. The number of amides is 1. The van der Waals surface area contributed by atoms with Gasteiger partial charge < -0.3 is 5.73 Å². The van der Waals surface area contributed by atoms with Crippen LogP contribution in [0.2, 0.25) is 0 Å². The van der Waals surface area contributed by atoms with Crippen LogP contribution < -0.4 is 5.73 Å². The second kappa shape index (κ2) is 4.93. The Hall–Kier alpha value is -1.83. The molecule has 0 fully saturated rings. The summed E-state index contributed by atoms with van der Waals surface area (Å²) < 4.78 is 0. The summed E-state index contributed by atoms with van der Waals surface area (Å²) in [6.07, 6.45) is 6.62. The summed E-state index contributed by atoms with van der Waals surface area (Å²) in [5.41, 5.74) is 6.01. The highest BCUT2D eigenvalue weighted by Gasteiger charge is 1.81. The summed E-state index contributed by atoms with van der Waals surface area (Å²) >= 11 is 0. The Labute approximate surface area is 77.4 Å². The van der Waals surface area contributed by atoms with Crippen molar-refractivity contribution in [1.82, 2.24) is 0 Å². The van der Waals surface area contributed by atoms with Crippen LogP contribution in [-0.4, -0.2) is 5.91 Å². The fourth-order valence-corrected chi connectivity index (χ4v) is 0.881. The van der Waals surface area contributed by atoms with Gasteiger partial charge in [-0.3, -0.25) is 4.79 Å². The Morgan fingerprint density at radius 2 is 1.85 bits per heavy atom. The lowest BCUT2D eigenvalue weighted by Crippen LogP contribution is -2.04. The van der Waals surface area contributed by atoms with E-state index in [2.05, 4.69) is 0 Å². The highest BCUT2D eigenvalue weighted by molar-refractivity contribution is 5.86. The maximum absolute atomic E-state index is 10.3. The van der Waals surface area contributed by atoms with Crippen molar-refractivity contribution < 1.29 is 4.79 Å². The molecule has 1 rings (SSSR count). The molecule has 0 heterocycles. The molecule has 0 unspecified atom stereocenters. The normalized spacial score (nSPS) is 11.1. The number of carbonyl (C=O) groups excluding carboxylic acids is 1. The van der Waals surface area contributed by atoms with E-state index in [9.17, 15) is 4.79 Å². The largest absolute Gasteiger partial charge is 0.366 e. The minimum atomic E-state index is -0.433. The van der Waals surface area contributed by atoms with E-state index in [0.29, 0.717) is 0 Å². The topological polar surface area (TPSA) is 43.1 Å². The van der Waals surface area contributed by atoms with Gasteiger partial charge in [0.05, 0.1) is 0 Å². The molecule has 0 radical (unpaired) electrons. The minimum absolute atomic E-state index is 0.433. The molecule has 13 heavy (non-hydrogen) atoms. The van der Waals surface area contributed by atoms with Crippen molar-refractivity contribution >= 4 is 12.0 Å². The molecule has 0 bridgehead atoms. The molecule has 2 nitrogen and oxygen atoms in total. The van der Waals surface area contributed by atoms with Crippen LogP contribution in [0.25, 0.3) is 6.08 Å². The summed E-state index contributed by atoms with van der Waals surface area (Å²) in [6, 6.07) is 9.83. The van der Waals surface area contributed by atoms with E-state index in [1.807, 2.05) is 36.4 Å². The fourth-order valence-electron chi connectivity index (χ4n) is 0.881. The molecule has 66 valence electrons. The van der Waals surface area contributed by atoms with E-state index in [-0.39, 0.29) is 0 Å². The van der Waals surface area contributed by atoms with Crippen LogP contribution in [0.5, 0.6) is 0 Å². The van der Waals surface area contributed by atoms with Gasteiger partial charge in [-0.25, -0.2) is 0 Å². The molecule has 2 N–H and O–H groups in total. The molecule has 0 atom stereocenters. The quantitative estimate of drug-likeness (QED) is 0.549. The number of hydrogen-bond donors (Lipinski definition) is 1. The molecule has 2 heteroatoms. The number of allylic oxidation sites excluding steroid dienone is 2. The second-order valence-electron chi connectivity index (χ2n) is 2.53.